The zero-order valence-electron chi connectivity index (χ0n) is 12.8. The molecule has 24 heavy (non-hydrogen) atoms. The van der Waals surface area contributed by atoms with E-state index in [-0.39, 0.29) is 5.91 Å². The van der Waals surface area contributed by atoms with Gasteiger partial charge in [-0.15, -0.1) is 11.3 Å². The second kappa shape index (κ2) is 6.41. The zero-order chi connectivity index (χ0) is 16.4. The molecule has 1 N–H and O–H groups in total. The Morgan fingerprint density at radius 2 is 2.08 bits per heavy atom. The van der Waals surface area contributed by atoms with Gasteiger partial charge in [-0.05, 0) is 35.9 Å². The molecule has 1 aliphatic rings. The van der Waals surface area contributed by atoms with Crippen molar-refractivity contribution in [2.45, 2.75) is 18.8 Å². The molecule has 1 amide bonds. The minimum Gasteiger partial charge on any atom is -0.333 e. The van der Waals surface area contributed by atoms with E-state index < -0.39 is 0 Å². The van der Waals surface area contributed by atoms with E-state index >= 15 is 0 Å². The molecule has 0 atom stereocenters. The maximum Gasteiger partial charge on any atom is 0.270 e. The maximum absolute atomic E-state index is 12.1. The molecule has 120 valence electrons. The van der Waals surface area contributed by atoms with Gasteiger partial charge >= 0.3 is 0 Å². The van der Waals surface area contributed by atoms with Crippen LogP contribution in [0.5, 0.6) is 0 Å². The fraction of sp³-hybridized carbons (Fsp3) is 0.167. The van der Waals surface area contributed by atoms with Gasteiger partial charge in [-0.2, -0.15) is 4.98 Å². The first kappa shape index (κ1) is 14.8. The van der Waals surface area contributed by atoms with Crippen molar-refractivity contribution in [1.82, 2.24) is 10.1 Å². The van der Waals surface area contributed by atoms with Crippen LogP contribution in [-0.2, 0) is 4.79 Å². The molecule has 1 aliphatic carbocycles. The summed E-state index contributed by atoms with van der Waals surface area (Å²) in [4.78, 5) is 17.4. The highest BCUT2D eigenvalue weighted by atomic mass is 32.1. The van der Waals surface area contributed by atoms with Crippen molar-refractivity contribution in [3.63, 3.8) is 0 Å². The molecule has 4 rings (SSSR count). The molecule has 1 fully saturated rings. The predicted molar refractivity (Wildman–Crippen MR) is 93.7 cm³/mol. The second-order valence-electron chi connectivity index (χ2n) is 5.63. The van der Waals surface area contributed by atoms with Crippen LogP contribution in [0.4, 0.5) is 5.69 Å². The first-order chi connectivity index (χ1) is 11.8. The van der Waals surface area contributed by atoms with Crippen LogP contribution in [0.1, 0.15) is 30.1 Å². The monoisotopic (exact) mass is 337 g/mol. The summed E-state index contributed by atoms with van der Waals surface area (Å²) >= 11 is 1.47. The Kier molecular flexibility index (Phi) is 3.96. The highest BCUT2D eigenvalue weighted by Gasteiger charge is 2.29. The van der Waals surface area contributed by atoms with E-state index in [1.807, 2.05) is 41.8 Å². The Balaban J connectivity index is 1.48. The van der Waals surface area contributed by atoms with Crippen LogP contribution < -0.4 is 5.32 Å². The van der Waals surface area contributed by atoms with Gasteiger partial charge in [0.1, 0.15) is 4.88 Å². The topological polar surface area (TPSA) is 68.0 Å². The van der Waals surface area contributed by atoms with Crippen molar-refractivity contribution in [3.8, 4) is 10.8 Å². The van der Waals surface area contributed by atoms with Crippen molar-refractivity contribution in [3.05, 3.63) is 59.2 Å². The van der Waals surface area contributed by atoms with E-state index in [2.05, 4.69) is 15.5 Å². The number of amides is 1. The van der Waals surface area contributed by atoms with E-state index in [4.69, 9.17) is 4.52 Å². The number of aromatic nitrogens is 2. The quantitative estimate of drug-likeness (QED) is 0.704. The SMILES string of the molecule is O=C(/C=C/c1ccccc1)Nc1ccsc1-c1nc(C2CC2)no1. The molecular weight excluding hydrogens is 322 g/mol. The maximum atomic E-state index is 12.1. The summed E-state index contributed by atoms with van der Waals surface area (Å²) in [6.07, 6.45) is 5.54. The Morgan fingerprint density at radius 3 is 2.88 bits per heavy atom. The van der Waals surface area contributed by atoms with Gasteiger partial charge in [0.05, 0.1) is 5.69 Å². The number of anilines is 1. The van der Waals surface area contributed by atoms with Crippen LogP contribution in [0.3, 0.4) is 0 Å². The van der Waals surface area contributed by atoms with Crippen molar-refractivity contribution in [1.29, 1.82) is 0 Å². The average molecular weight is 337 g/mol. The third-order valence-electron chi connectivity index (χ3n) is 3.73. The van der Waals surface area contributed by atoms with Gasteiger partial charge in [0.15, 0.2) is 5.82 Å². The van der Waals surface area contributed by atoms with Crippen molar-refractivity contribution < 1.29 is 9.32 Å². The molecule has 3 aromatic rings. The molecule has 1 saturated carbocycles. The molecule has 0 radical (unpaired) electrons. The third kappa shape index (κ3) is 3.28. The lowest BCUT2D eigenvalue weighted by Crippen LogP contribution is -2.07. The standard InChI is InChI=1S/C18H15N3O2S/c22-15(9-6-12-4-2-1-3-5-12)19-14-10-11-24-16(14)18-20-17(21-23-18)13-7-8-13/h1-6,9-11,13H,7-8H2,(H,19,22)/b9-6+. The first-order valence-corrected chi connectivity index (χ1v) is 8.63. The molecule has 2 aromatic heterocycles. The second-order valence-corrected chi connectivity index (χ2v) is 6.54. The zero-order valence-corrected chi connectivity index (χ0v) is 13.6. The van der Waals surface area contributed by atoms with E-state index in [9.17, 15) is 4.79 Å². The Bertz CT molecular complexity index is 879. The summed E-state index contributed by atoms with van der Waals surface area (Å²) < 4.78 is 5.34. The van der Waals surface area contributed by atoms with Crippen LogP contribution in [0.15, 0.2) is 52.4 Å². The summed E-state index contributed by atoms with van der Waals surface area (Å²) in [6.45, 7) is 0. The van der Waals surface area contributed by atoms with Crippen LogP contribution >= 0.6 is 11.3 Å². The summed E-state index contributed by atoms with van der Waals surface area (Å²) in [5.74, 6) is 1.48. The molecule has 0 spiro atoms. The summed E-state index contributed by atoms with van der Waals surface area (Å²) in [7, 11) is 0. The Hall–Kier alpha value is -2.73. The number of benzene rings is 1. The van der Waals surface area contributed by atoms with Gasteiger partial charge in [0.25, 0.3) is 5.89 Å². The molecule has 5 nitrogen and oxygen atoms in total. The highest BCUT2D eigenvalue weighted by Crippen LogP contribution is 2.40. The van der Waals surface area contributed by atoms with Gasteiger partial charge in [-0.3, -0.25) is 4.79 Å². The number of hydrogen-bond acceptors (Lipinski definition) is 5. The molecule has 0 aliphatic heterocycles. The first-order valence-electron chi connectivity index (χ1n) is 7.75. The summed E-state index contributed by atoms with van der Waals surface area (Å²) in [6, 6.07) is 11.5. The van der Waals surface area contributed by atoms with Crippen LogP contribution in [0, 0.1) is 0 Å². The van der Waals surface area contributed by atoms with Gasteiger partial charge in [0.2, 0.25) is 5.91 Å². The van der Waals surface area contributed by atoms with E-state index in [1.165, 1.54) is 17.4 Å². The highest BCUT2D eigenvalue weighted by molar-refractivity contribution is 7.14. The molecule has 1 aromatic carbocycles. The van der Waals surface area contributed by atoms with Gasteiger partial charge in [-0.1, -0.05) is 35.5 Å². The number of thiophene rings is 1. The number of nitrogens with one attached hydrogen (secondary N) is 1. The average Bonchev–Trinajstić information content (AvgIpc) is 3.16. The Morgan fingerprint density at radius 1 is 1.25 bits per heavy atom. The lowest BCUT2D eigenvalue weighted by molar-refractivity contribution is -0.111. The smallest absolute Gasteiger partial charge is 0.270 e. The minimum absolute atomic E-state index is 0.194. The van der Waals surface area contributed by atoms with Crippen molar-refractivity contribution in [2.24, 2.45) is 0 Å². The molecule has 0 bridgehead atoms. The number of rotatable bonds is 5. The van der Waals surface area contributed by atoms with Crippen molar-refractivity contribution >= 4 is 29.0 Å². The molecule has 0 saturated heterocycles. The summed E-state index contributed by atoms with van der Waals surface area (Å²) in [5, 5.41) is 8.79. The lowest BCUT2D eigenvalue weighted by atomic mass is 10.2. The van der Waals surface area contributed by atoms with E-state index in [0.29, 0.717) is 17.5 Å². The van der Waals surface area contributed by atoms with Crippen molar-refractivity contribution in [2.75, 3.05) is 5.32 Å². The Labute approximate surface area is 143 Å². The van der Waals surface area contributed by atoms with Gasteiger partial charge < -0.3 is 9.84 Å². The third-order valence-corrected chi connectivity index (χ3v) is 4.63. The van der Waals surface area contributed by atoms with E-state index in [1.54, 1.807) is 6.08 Å². The summed E-state index contributed by atoms with van der Waals surface area (Å²) in [5.41, 5.74) is 1.66. The van der Waals surface area contributed by atoms with Crippen LogP contribution in [-0.4, -0.2) is 16.0 Å². The fourth-order valence-electron chi connectivity index (χ4n) is 2.32. The molecular formula is C18H15N3O2S. The van der Waals surface area contributed by atoms with Crippen LogP contribution in [0.25, 0.3) is 16.8 Å². The molecule has 6 heteroatoms. The number of carbonyl (C=O) groups is 1. The molecule has 0 unspecified atom stereocenters. The van der Waals surface area contributed by atoms with Gasteiger partial charge in [-0.25, -0.2) is 0 Å². The van der Waals surface area contributed by atoms with Gasteiger partial charge in [0, 0.05) is 12.0 Å². The number of nitrogens with zero attached hydrogens (tertiary/aromatic N) is 2. The normalized spacial score (nSPS) is 14.2. The van der Waals surface area contributed by atoms with Crippen LogP contribution in [0.2, 0.25) is 0 Å². The van der Waals surface area contributed by atoms with E-state index in [0.717, 1.165) is 29.1 Å². The largest absolute Gasteiger partial charge is 0.333 e. The number of hydrogen-bond donors (Lipinski definition) is 1. The lowest BCUT2D eigenvalue weighted by Gasteiger charge is -2.01. The molecule has 2 heterocycles. The minimum atomic E-state index is -0.194. The fourth-order valence-corrected chi connectivity index (χ4v) is 3.09. The number of carbonyl (C=O) groups excluding carboxylic acids is 1. The predicted octanol–water partition coefficient (Wildman–Crippen LogP) is 4.33.